The van der Waals surface area contributed by atoms with Gasteiger partial charge in [0.1, 0.15) is 11.5 Å². The Morgan fingerprint density at radius 3 is 2.04 bits per heavy atom. The van der Waals surface area contributed by atoms with Crippen molar-refractivity contribution in [2.75, 3.05) is 7.11 Å². The number of nitrogens with one attached hydrogen (secondary N) is 1. The average molecular weight is 401 g/mol. The summed E-state index contributed by atoms with van der Waals surface area (Å²) in [5, 5.41) is 0. The molecule has 0 unspecified atom stereocenters. The highest BCUT2D eigenvalue weighted by molar-refractivity contribution is 7.89. The molecule has 0 aliphatic heterocycles. The molecule has 1 N–H and O–H groups in total. The van der Waals surface area contributed by atoms with Crippen molar-refractivity contribution in [3.05, 3.63) is 54.1 Å². The zero-order chi connectivity index (χ0) is 19.7. The summed E-state index contributed by atoms with van der Waals surface area (Å²) in [4.78, 5) is -0.129. The predicted molar refractivity (Wildman–Crippen MR) is 91.9 cm³/mol. The van der Waals surface area contributed by atoms with E-state index in [2.05, 4.69) is 9.46 Å². The van der Waals surface area contributed by atoms with Crippen molar-refractivity contribution in [1.29, 1.82) is 0 Å². The summed E-state index contributed by atoms with van der Waals surface area (Å²) in [6, 6.07) is 10.8. The number of halogens is 3. The number of alkyl halides is 3. The SMILES string of the molecule is COc1ccc([C@H](NS(=O)(=O)c2ccc(OC(F)(F)F)cc2)C2CC2)cc1. The Labute approximate surface area is 155 Å². The van der Waals surface area contributed by atoms with E-state index >= 15 is 0 Å². The first-order valence-electron chi connectivity index (χ1n) is 8.20. The second-order valence-electron chi connectivity index (χ2n) is 6.23. The topological polar surface area (TPSA) is 64.6 Å². The van der Waals surface area contributed by atoms with Crippen molar-refractivity contribution in [3.63, 3.8) is 0 Å². The molecule has 1 atom stereocenters. The standard InChI is InChI=1S/C18H18F3NO4S/c1-25-14-6-4-13(5-7-14)17(12-2-3-12)22-27(23,24)16-10-8-15(9-11-16)26-18(19,20)21/h4-12,17,22H,2-3H2,1H3/t17-/m1/s1. The molecule has 2 aromatic carbocycles. The Balaban J connectivity index is 1.78. The molecule has 5 nitrogen and oxygen atoms in total. The molecule has 0 amide bonds. The third-order valence-electron chi connectivity index (χ3n) is 4.22. The van der Waals surface area contributed by atoms with Gasteiger partial charge in [0.25, 0.3) is 0 Å². The molecule has 0 heterocycles. The van der Waals surface area contributed by atoms with Crippen molar-refractivity contribution in [1.82, 2.24) is 4.72 Å². The third-order valence-corrected chi connectivity index (χ3v) is 5.68. The van der Waals surface area contributed by atoms with Crippen molar-refractivity contribution in [3.8, 4) is 11.5 Å². The van der Waals surface area contributed by atoms with Crippen LogP contribution in [0.3, 0.4) is 0 Å². The van der Waals surface area contributed by atoms with Gasteiger partial charge in [-0.1, -0.05) is 12.1 Å². The van der Waals surface area contributed by atoms with Gasteiger partial charge in [-0.05, 0) is 60.7 Å². The lowest BCUT2D eigenvalue weighted by Crippen LogP contribution is -2.30. The van der Waals surface area contributed by atoms with Crippen LogP contribution in [0.15, 0.2) is 53.4 Å². The number of hydrogen-bond acceptors (Lipinski definition) is 4. The molecule has 146 valence electrons. The van der Waals surface area contributed by atoms with Crippen LogP contribution in [0.25, 0.3) is 0 Å². The summed E-state index contributed by atoms with van der Waals surface area (Å²) >= 11 is 0. The Bertz CT molecular complexity index is 876. The minimum atomic E-state index is -4.83. The number of benzene rings is 2. The molecule has 0 spiro atoms. The Morgan fingerprint density at radius 1 is 1.00 bits per heavy atom. The molecule has 3 rings (SSSR count). The van der Waals surface area contributed by atoms with E-state index < -0.39 is 28.2 Å². The van der Waals surface area contributed by atoms with Crippen LogP contribution in [0.2, 0.25) is 0 Å². The molecular weight excluding hydrogens is 383 g/mol. The fraction of sp³-hybridized carbons (Fsp3) is 0.333. The van der Waals surface area contributed by atoms with E-state index in [1.807, 2.05) is 0 Å². The van der Waals surface area contributed by atoms with Crippen molar-refractivity contribution < 1.29 is 31.1 Å². The molecule has 2 aromatic rings. The smallest absolute Gasteiger partial charge is 0.497 e. The zero-order valence-corrected chi connectivity index (χ0v) is 15.2. The summed E-state index contributed by atoms with van der Waals surface area (Å²) in [7, 11) is -2.36. The van der Waals surface area contributed by atoms with Gasteiger partial charge in [0.15, 0.2) is 0 Å². The van der Waals surface area contributed by atoms with Crippen molar-refractivity contribution >= 4 is 10.0 Å². The Hall–Kier alpha value is -2.26. The molecule has 9 heteroatoms. The van der Waals surface area contributed by atoms with Gasteiger partial charge in [0.2, 0.25) is 10.0 Å². The van der Waals surface area contributed by atoms with Gasteiger partial charge in [0, 0.05) is 6.04 Å². The maximum atomic E-state index is 12.7. The lowest BCUT2D eigenvalue weighted by molar-refractivity contribution is -0.274. The Kier molecular flexibility index (Phi) is 5.34. The highest BCUT2D eigenvalue weighted by Crippen LogP contribution is 2.42. The largest absolute Gasteiger partial charge is 0.573 e. The molecule has 27 heavy (non-hydrogen) atoms. The number of hydrogen-bond donors (Lipinski definition) is 1. The molecule has 0 radical (unpaired) electrons. The van der Waals surface area contributed by atoms with Gasteiger partial charge in [-0.25, -0.2) is 13.1 Å². The van der Waals surface area contributed by atoms with Gasteiger partial charge in [-0.3, -0.25) is 0 Å². The number of sulfonamides is 1. The van der Waals surface area contributed by atoms with E-state index in [4.69, 9.17) is 4.74 Å². The number of methoxy groups -OCH3 is 1. The summed E-state index contributed by atoms with van der Waals surface area (Å²) < 4.78 is 73.5. The average Bonchev–Trinajstić information content (AvgIpc) is 3.44. The molecule has 0 aromatic heterocycles. The molecule has 0 saturated heterocycles. The van der Waals surface area contributed by atoms with Gasteiger partial charge >= 0.3 is 6.36 Å². The summed E-state index contributed by atoms with van der Waals surface area (Å²) in [6.07, 6.45) is -3.03. The Morgan fingerprint density at radius 2 is 1.56 bits per heavy atom. The summed E-state index contributed by atoms with van der Waals surface area (Å²) in [5.74, 6) is 0.368. The van der Waals surface area contributed by atoms with Gasteiger partial charge in [0.05, 0.1) is 12.0 Å². The highest BCUT2D eigenvalue weighted by Gasteiger charge is 2.36. The monoisotopic (exact) mass is 401 g/mol. The van der Waals surface area contributed by atoms with Crippen LogP contribution in [0, 0.1) is 5.92 Å². The van der Waals surface area contributed by atoms with Gasteiger partial charge in [-0.2, -0.15) is 0 Å². The van der Waals surface area contributed by atoms with Gasteiger partial charge < -0.3 is 9.47 Å². The second kappa shape index (κ2) is 7.40. The van der Waals surface area contributed by atoms with Crippen LogP contribution < -0.4 is 14.2 Å². The van der Waals surface area contributed by atoms with Crippen molar-refractivity contribution in [2.24, 2.45) is 5.92 Å². The predicted octanol–water partition coefficient (Wildman–Crippen LogP) is 4.02. The van der Waals surface area contributed by atoms with Crippen LogP contribution in [0.4, 0.5) is 13.2 Å². The van der Waals surface area contributed by atoms with E-state index in [-0.39, 0.29) is 10.8 Å². The fourth-order valence-electron chi connectivity index (χ4n) is 2.73. The first kappa shape index (κ1) is 19.5. The molecule has 1 aliphatic carbocycles. The molecule has 1 fully saturated rings. The van der Waals surface area contributed by atoms with Crippen LogP contribution in [-0.2, 0) is 10.0 Å². The number of ether oxygens (including phenoxy) is 2. The highest BCUT2D eigenvalue weighted by atomic mass is 32.2. The van der Waals surface area contributed by atoms with Crippen LogP contribution >= 0.6 is 0 Å². The second-order valence-corrected chi connectivity index (χ2v) is 7.94. The maximum absolute atomic E-state index is 12.7. The lowest BCUT2D eigenvalue weighted by Gasteiger charge is -2.19. The lowest BCUT2D eigenvalue weighted by atomic mass is 10.0. The van der Waals surface area contributed by atoms with E-state index in [1.54, 1.807) is 31.4 Å². The molecular formula is C18H18F3NO4S. The van der Waals surface area contributed by atoms with E-state index in [0.717, 1.165) is 42.7 Å². The van der Waals surface area contributed by atoms with E-state index in [9.17, 15) is 21.6 Å². The molecule has 1 saturated carbocycles. The van der Waals surface area contributed by atoms with E-state index in [1.165, 1.54) is 0 Å². The van der Waals surface area contributed by atoms with Gasteiger partial charge in [-0.15, -0.1) is 13.2 Å². The molecule has 1 aliphatic rings. The number of rotatable bonds is 7. The van der Waals surface area contributed by atoms with Crippen LogP contribution in [0.1, 0.15) is 24.4 Å². The quantitative estimate of drug-likeness (QED) is 0.761. The fourth-order valence-corrected chi connectivity index (χ4v) is 4.03. The van der Waals surface area contributed by atoms with E-state index in [0.29, 0.717) is 5.75 Å². The minimum absolute atomic E-state index is 0.129. The first-order chi connectivity index (χ1) is 12.7. The van der Waals surface area contributed by atoms with Crippen LogP contribution in [-0.4, -0.2) is 21.9 Å². The third kappa shape index (κ3) is 5.14. The molecule has 0 bridgehead atoms. The maximum Gasteiger partial charge on any atom is 0.573 e. The normalized spacial score (nSPS) is 16.0. The minimum Gasteiger partial charge on any atom is -0.497 e. The van der Waals surface area contributed by atoms with Crippen molar-refractivity contribution in [2.45, 2.75) is 30.1 Å². The summed E-state index contributed by atoms with van der Waals surface area (Å²) in [6.45, 7) is 0. The zero-order valence-electron chi connectivity index (χ0n) is 14.4. The summed E-state index contributed by atoms with van der Waals surface area (Å²) in [5.41, 5.74) is 0.805. The first-order valence-corrected chi connectivity index (χ1v) is 9.68. The van der Waals surface area contributed by atoms with Crippen LogP contribution in [0.5, 0.6) is 11.5 Å².